The molecule has 1 aromatic rings. The van der Waals surface area contributed by atoms with Gasteiger partial charge in [-0.3, -0.25) is 4.68 Å². The fourth-order valence-corrected chi connectivity index (χ4v) is 1.96. The van der Waals surface area contributed by atoms with Crippen molar-refractivity contribution in [1.29, 1.82) is 0 Å². The van der Waals surface area contributed by atoms with E-state index < -0.39 is 0 Å². The Morgan fingerprint density at radius 1 is 1.47 bits per heavy atom. The summed E-state index contributed by atoms with van der Waals surface area (Å²) in [5.41, 5.74) is 2.45. The van der Waals surface area contributed by atoms with Gasteiger partial charge in [-0.05, 0) is 38.8 Å². The van der Waals surface area contributed by atoms with Crippen LogP contribution in [0.25, 0.3) is 0 Å². The molecule has 1 N–H and O–H groups in total. The van der Waals surface area contributed by atoms with Crippen LogP contribution >= 0.6 is 0 Å². The molecule has 3 heteroatoms. The van der Waals surface area contributed by atoms with Crippen LogP contribution in [0.2, 0.25) is 0 Å². The first kappa shape index (κ1) is 12.2. The van der Waals surface area contributed by atoms with E-state index in [-0.39, 0.29) is 0 Å². The summed E-state index contributed by atoms with van der Waals surface area (Å²) in [5, 5.41) is 7.86. The van der Waals surface area contributed by atoms with Crippen molar-refractivity contribution < 1.29 is 0 Å². The maximum Gasteiger partial charge on any atom is 0.0596 e. The summed E-state index contributed by atoms with van der Waals surface area (Å²) in [6.45, 7) is 7.51. The third-order valence-corrected chi connectivity index (χ3v) is 2.83. The number of aromatic nitrogens is 2. The Kier molecular flexibility index (Phi) is 4.82. The lowest BCUT2D eigenvalue weighted by molar-refractivity contribution is 0.474. The number of aryl methyl sites for hydroxylation is 3. The molecule has 15 heavy (non-hydrogen) atoms. The second-order valence-corrected chi connectivity index (χ2v) is 4.10. The highest BCUT2D eigenvalue weighted by atomic mass is 15.3. The lowest BCUT2D eigenvalue weighted by Crippen LogP contribution is -2.28. The van der Waals surface area contributed by atoms with Crippen LogP contribution < -0.4 is 5.32 Å². The highest BCUT2D eigenvalue weighted by molar-refractivity contribution is 5.08. The molecule has 1 rings (SSSR count). The molecule has 0 aliphatic rings. The molecule has 0 aliphatic carbocycles. The first-order valence-corrected chi connectivity index (χ1v) is 5.90. The zero-order valence-electron chi connectivity index (χ0n) is 10.4. The van der Waals surface area contributed by atoms with Crippen LogP contribution in [0, 0.1) is 6.92 Å². The first-order chi connectivity index (χ1) is 7.17. The van der Waals surface area contributed by atoms with Gasteiger partial charge in [0, 0.05) is 18.8 Å². The third-order valence-electron chi connectivity index (χ3n) is 2.83. The summed E-state index contributed by atoms with van der Waals surface area (Å²) in [6, 6.07) is 2.82. The molecule has 0 saturated carbocycles. The standard InChI is InChI=1S/C12H23N3/c1-5-11(13-6-2)7-8-12-9-10(3)14-15(12)4/h9,11,13H,5-8H2,1-4H3. The number of nitrogens with zero attached hydrogens (tertiary/aromatic N) is 2. The molecule has 1 aromatic heterocycles. The smallest absolute Gasteiger partial charge is 0.0596 e. The number of hydrogen-bond acceptors (Lipinski definition) is 2. The largest absolute Gasteiger partial charge is 0.314 e. The molecule has 1 unspecified atom stereocenters. The summed E-state index contributed by atoms with van der Waals surface area (Å²) in [6.07, 6.45) is 3.51. The molecule has 86 valence electrons. The van der Waals surface area contributed by atoms with E-state index in [1.165, 1.54) is 18.5 Å². The average Bonchev–Trinajstić information content (AvgIpc) is 2.52. The van der Waals surface area contributed by atoms with E-state index in [1.54, 1.807) is 0 Å². The molecule has 0 amide bonds. The molecule has 0 saturated heterocycles. The van der Waals surface area contributed by atoms with Crippen LogP contribution in [-0.2, 0) is 13.5 Å². The van der Waals surface area contributed by atoms with Gasteiger partial charge in [-0.2, -0.15) is 5.10 Å². The van der Waals surface area contributed by atoms with Gasteiger partial charge in [0.15, 0.2) is 0 Å². The molecular formula is C12H23N3. The Morgan fingerprint density at radius 3 is 2.67 bits per heavy atom. The maximum atomic E-state index is 4.36. The van der Waals surface area contributed by atoms with Gasteiger partial charge >= 0.3 is 0 Å². The zero-order valence-corrected chi connectivity index (χ0v) is 10.4. The van der Waals surface area contributed by atoms with Crippen molar-refractivity contribution in [2.75, 3.05) is 6.54 Å². The number of nitrogens with one attached hydrogen (secondary N) is 1. The normalized spacial score (nSPS) is 13.1. The second kappa shape index (κ2) is 5.91. The van der Waals surface area contributed by atoms with Crippen molar-refractivity contribution in [2.24, 2.45) is 7.05 Å². The molecule has 0 spiro atoms. The van der Waals surface area contributed by atoms with E-state index in [0.29, 0.717) is 6.04 Å². The molecule has 0 bridgehead atoms. The SMILES string of the molecule is CCNC(CC)CCc1cc(C)nn1C. The van der Waals surface area contributed by atoms with Crippen LogP contribution in [-0.4, -0.2) is 22.4 Å². The Balaban J connectivity index is 2.44. The number of rotatable bonds is 6. The van der Waals surface area contributed by atoms with E-state index >= 15 is 0 Å². The summed E-state index contributed by atoms with van der Waals surface area (Å²) < 4.78 is 1.99. The molecule has 3 nitrogen and oxygen atoms in total. The van der Waals surface area contributed by atoms with Gasteiger partial charge in [-0.25, -0.2) is 0 Å². The van der Waals surface area contributed by atoms with Crippen LogP contribution in [0.3, 0.4) is 0 Å². The van der Waals surface area contributed by atoms with Gasteiger partial charge in [0.2, 0.25) is 0 Å². The monoisotopic (exact) mass is 209 g/mol. The van der Waals surface area contributed by atoms with Gasteiger partial charge in [-0.1, -0.05) is 13.8 Å². The van der Waals surface area contributed by atoms with Gasteiger partial charge in [-0.15, -0.1) is 0 Å². The summed E-state index contributed by atoms with van der Waals surface area (Å²) >= 11 is 0. The lowest BCUT2D eigenvalue weighted by Gasteiger charge is -2.15. The molecule has 1 atom stereocenters. The van der Waals surface area contributed by atoms with Crippen molar-refractivity contribution in [3.8, 4) is 0 Å². The maximum absolute atomic E-state index is 4.36. The van der Waals surface area contributed by atoms with Crippen LogP contribution in [0.15, 0.2) is 6.07 Å². The topological polar surface area (TPSA) is 29.9 Å². The van der Waals surface area contributed by atoms with E-state index in [4.69, 9.17) is 0 Å². The summed E-state index contributed by atoms with van der Waals surface area (Å²) in [4.78, 5) is 0. The minimum atomic E-state index is 0.644. The highest BCUT2D eigenvalue weighted by Crippen LogP contribution is 2.08. The van der Waals surface area contributed by atoms with E-state index in [2.05, 4.69) is 30.3 Å². The van der Waals surface area contributed by atoms with Crippen LogP contribution in [0.1, 0.15) is 38.1 Å². The Hall–Kier alpha value is -0.830. The Bertz CT molecular complexity index is 291. The van der Waals surface area contributed by atoms with Gasteiger partial charge in [0.1, 0.15) is 0 Å². The molecule has 0 aromatic carbocycles. The van der Waals surface area contributed by atoms with Gasteiger partial charge < -0.3 is 5.32 Å². The van der Waals surface area contributed by atoms with Crippen molar-refractivity contribution in [1.82, 2.24) is 15.1 Å². The molecule has 0 radical (unpaired) electrons. The van der Waals surface area contributed by atoms with Crippen molar-refractivity contribution in [3.63, 3.8) is 0 Å². The number of hydrogen-bond donors (Lipinski definition) is 1. The second-order valence-electron chi connectivity index (χ2n) is 4.10. The van der Waals surface area contributed by atoms with Crippen molar-refractivity contribution >= 4 is 0 Å². The molecule has 0 aliphatic heterocycles. The quantitative estimate of drug-likeness (QED) is 0.777. The van der Waals surface area contributed by atoms with E-state index in [9.17, 15) is 0 Å². The molecule has 0 fully saturated rings. The summed E-state index contributed by atoms with van der Waals surface area (Å²) in [5.74, 6) is 0. The minimum absolute atomic E-state index is 0.644. The predicted octanol–water partition coefficient (Wildman–Crippen LogP) is 2.05. The lowest BCUT2D eigenvalue weighted by atomic mass is 10.1. The fourth-order valence-electron chi connectivity index (χ4n) is 1.96. The molecule has 1 heterocycles. The van der Waals surface area contributed by atoms with Crippen molar-refractivity contribution in [3.05, 3.63) is 17.5 Å². The Labute approximate surface area is 92.9 Å². The zero-order chi connectivity index (χ0) is 11.3. The molecular weight excluding hydrogens is 186 g/mol. The van der Waals surface area contributed by atoms with Crippen LogP contribution in [0.4, 0.5) is 0 Å². The first-order valence-electron chi connectivity index (χ1n) is 5.90. The van der Waals surface area contributed by atoms with Gasteiger partial charge in [0.05, 0.1) is 5.69 Å². The van der Waals surface area contributed by atoms with Crippen molar-refractivity contribution in [2.45, 2.75) is 46.1 Å². The van der Waals surface area contributed by atoms with Crippen LogP contribution in [0.5, 0.6) is 0 Å². The van der Waals surface area contributed by atoms with E-state index in [1.807, 2.05) is 18.7 Å². The van der Waals surface area contributed by atoms with E-state index in [0.717, 1.165) is 18.7 Å². The van der Waals surface area contributed by atoms with Gasteiger partial charge in [0.25, 0.3) is 0 Å². The summed E-state index contributed by atoms with van der Waals surface area (Å²) in [7, 11) is 2.02. The minimum Gasteiger partial charge on any atom is -0.314 e. The Morgan fingerprint density at radius 2 is 2.20 bits per heavy atom. The highest BCUT2D eigenvalue weighted by Gasteiger charge is 2.07. The average molecular weight is 209 g/mol. The fraction of sp³-hybridized carbons (Fsp3) is 0.750. The third kappa shape index (κ3) is 3.67. The predicted molar refractivity (Wildman–Crippen MR) is 64.0 cm³/mol.